The van der Waals surface area contributed by atoms with Crippen LogP contribution in [0.15, 0.2) is 18.2 Å². The first kappa shape index (κ1) is 14.3. The molecule has 0 aliphatic carbocycles. The molecule has 0 amide bonds. The van der Waals surface area contributed by atoms with Crippen molar-refractivity contribution in [2.24, 2.45) is 0 Å². The summed E-state index contributed by atoms with van der Waals surface area (Å²) in [4.78, 5) is 0. The first-order valence-corrected chi connectivity index (χ1v) is 6.33. The van der Waals surface area contributed by atoms with Crippen LogP contribution in [0.4, 0.5) is 4.39 Å². The molecule has 0 fully saturated rings. The fourth-order valence-corrected chi connectivity index (χ4v) is 1.77. The summed E-state index contributed by atoms with van der Waals surface area (Å²) in [7, 11) is 1.47. The molecule has 96 valence electrons. The molecular formula is C13H19ClFNO. The molecule has 0 saturated carbocycles. The van der Waals surface area contributed by atoms with E-state index in [4.69, 9.17) is 16.3 Å². The summed E-state index contributed by atoms with van der Waals surface area (Å²) >= 11 is 5.62. The van der Waals surface area contributed by atoms with Crippen molar-refractivity contribution in [2.45, 2.75) is 32.4 Å². The van der Waals surface area contributed by atoms with Crippen molar-refractivity contribution < 1.29 is 9.13 Å². The Balaban J connectivity index is 2.51. The highest BCUT2D eigenvalue weighted by atomic mass is 35.5. The predicted molar refractivity (Wildman–Crippen MR) is 69.2 cm³/mol. The number of nitrogens with one attached hydrogen (secondary N) is 1. The van der Waals surface area contributed by atoms with Gasteiger partial charge in [0.05, 0.1) is 7.11 Å². The highest BCUT2D eigenvalue weighted by Crippen LogP contribution is 2.19. The first-order valence-electron chi connectivity index (χ1n) is 5.79. The fourth-order valence-electron chi connectivity index (χ4n) is 1.62. The van der Waals surface area contributed by atoms with Crippen LogP contribution in [0.5, 0.6) is 5.75 Å². The van der Waals surface area contributed by atoms with E-state index in [2.05, 4.69) is 12.2 Å². The summed E-state index contributed by atoms with van der Waals surface area (Å²) < 4.78 is 18.7. The Morgan fingerprint density at radius 1 is 1.47 bits per heavy atom. The van der Waals surface area contributed by atoms with Gasteiger partial charge in [-0.15, -0.1) is 11.6 Å². The highest BCUT2D eigenvalue weighted by Gasteiger charge is 2.09. The molecular weight excluding hydrogens is 241 g/mol. The summed E-state index contributed by atoms with van der Waals surface area (Å²) in [6.45, 7) is 2.58. The monoisotopic (exact) mass is 259 g/mol. The molecule has 0 aliphatic heterocycles. The molecule has 1 aromatic rings. The van der Waals surface area contributed by atoms with Crippen LogP contribution in [0.25, 0.3) is 0 Å². The van der Waals surface area contributed by atoms with Gasteiger partial charge in [-0.05, 0) is 25.8 Å². The van der Waals surface area contributed by atoms with E-state index in [0.29, 0.717) is 24.0 Å². The van der Waals surface area contributed by atoms with Crippen LogP contribution in [0, 0.1) is 5.82 Å². The lowest BCUT2D eigenvalue weighted by molar-refractivity contribution is 0.382. The lowest BCUT2D eigenvalue weighted by Gasteiger charge is -2.14. The van der Waals surface area contributed by atoms with Crippen molar-refractivity contribution in [1.29, 1.82) is 0 Å². The normalized spacial score (nSPS) is 12.5. The van der Waals surface area contributed by atoms with Crippen LogP contribution in [0.3, 0.4) is 0 Å². The summed E-state index contributed by atoms with van der Waals surface area (Å²) in [5.41, 5.74) is 0.627. The van der Waals surface area contributed by atoms with Gasteiger partial charge in [0.2, 0.25) is 0 Å². The second-order valence-corrected chi connectivity index (χ2v) is 4.42. The van der Waals surface area contributed by atoms with Crippen molar-refractivity contribution in [3.8, 4) is 5.75 Å². The number of hydrogen-bond donors (Lipinski definition) is 1. The molecule has 1 atom stereocenters. The molecule has 0 radical (unpaired) electrons. The maximum absolute atomic E-state index is 13.8. The number of hydrogen-bond acceptors (Lipinski definition) is 2. The van der Waals surface area contributed by atoms with Crippen LogP contribution in [-0.2, 0) is 6.54 Å². The van der Waals surface area contributed by atoms with E-state index in [1.807, 2.05) is 0 Å². The summed E-state index contributed by atoms with van der Waals surface area (Å²) in [5, 5.41) is 3.27. The van der Waals surface area contributed by atoms with Gasteiger partial charge in [0.1, 0.15) is 0 Å². The molecule has 17 heavy (non-hydrogen) atoms. The van der Waals surface area contributed by atoms with E-state index in [1.54, 1.807) is 18.2 Å². The van der Waals surface area contributed by atoms with Crippen LogP contribution in [0.2, 0.25) is 0 Å². The quantitative estimate of drug-likeness (QED) is 0.759. The fraction of sp³-hybridized carbons (Fsp3) is 0.538. The Hall–Kier alpha value is -0.800. The van der Waals surface area contributed by atoms with Crippen LogP contribution in [0.1, 0.15) is 25.3 Å². The van der Waals surface area contributed by atoms with E-state index in [0.717, 1.165) is 12.8 Å². The zero-order chi connectivity index (χ0) is 12.7. The van der Waals surface area contributed by atoms with Gasteiger partial charge < -0.3 is 10.1 Å². The number of halogens is 2. The van der Waals surface area contributed by atoms with Crippen molar-refractivity contribution in [3.63, 3.8) is 0 Å². The molecule has 2 nitrogen and oxygen atoms in total. The van der Waals surface area contributed by atoms with Crippen molar-refractivity contribution in [3.05, 3.63) is 29.6 Å². The van der Waals surface area contributed by atoms with Gasteiger partial charge in [-0.3, -0.25) is 0 Å². The molecule has 0 bridgehead atoms. The Labute approximate surface area is 107 Å². The lowest BCUT2D eigenvalue weighted by Crippen LogP contribution is -2.25. The third-order valence-corrected chi connectivity index (χ3v) is 2.94. The second-order valence-electron chi connectivity index (χ2n) is 4.05. The van der Waals surface area contributed by atoms with Crippen molar-refractivity contribution in [1.82, 2.24) is 5.32 Å². The van der Waals surface area contributed by atoms with Gasteiger partial charge in [-0.2, -0.15) is 0 Å². The summed E-state index contributed by atoms with van der Waals surface area (Å²) in [6, 6.07) is 5.51. The van der Waals surface area contributed by atoms with Crippen molar-refractivity contribution >= 4 is 11.6 Å². The lowest BCUT2D eigenvalue weighted by atomic mass is 10.1. The smallest absolute Gasteiger partial charge is 0.169 e. The maximum atomic E-state index is 13.8. The zero-order valence-corrected chi connectivity index (χ0v) is 11.1. The molecule has 0 aromatic heterocycles. The highest BCUT2D eigenvalue weighted by molar-refractivity contribution is 6.17. The maximum Gasteiger partial charge on any atom is 0.169 e. The minimum absolute atomic E-state index is 0.285. The third-order valence-electron chi connectivity index (χ3n) is 2.67. The van der Waals surface area contributed by atoms with Gasteiger partial charge >= 0.3 is 0 Å². The standard InChI is InChI=1S/C13H19ClFNO/c1-10(5-4-8-14)16-9-11-6-3-7-12(17-2)13(11)15/h3,6-7,10,16H,4-5,8-9H2,1-2H3. The van der Waals surface area contributed by atoms with E-state index >= 15 is 0 Å². The minimum atomic E-state index is -0.285. The molecule has 1 N–H and O–H groups in total. The first-order chi connectivity index (χ1) is 8.19. The molecule has 0 heterocycles. The van der Waals surface area contributed by atoms with E-state index < -0.39 is 0 Å². The van der Waals surface area contributed by atoms with E-state index in [9.17, 15) is 4.39 Å². The van der Waals surface area contributed by atoms with Gasteiger partial charge in [0.25, 0.3) is 0 Å². The number of benzene rings is 1. The predicted octanol–water partition coefficient (Wildman–Crippen LogP) is 3.33. The van der Waals surface area contributed by atoms with Crippen LogP contribution < -0.4 is 10.1 Å². The van der Waals surface area contributed by atoms with Crippen LogP contribution >= 0.6 is 11.6 Å². The SMILES string of the molecule is COc1cccc(CNC(C)CCCCl)c1F. The largest absolute Gasteiger partial charge is 0.494 e. The Morgan fingerprint density at radius 2 is 2.24 bits per heavy atom. The average molecular weight is 260 g/mol. The van der Waals surface area contributed by atoms with Gasteiger partial charge in [0.15, 0.2) is 11.6 Å². The number of alkyl halides is 1. The number of rotatable bonds is 7. The third kappa shape index (κ3) is 4.52. The molecule has 0 aliphatic rings. The topological polar surface area (TPSA) is 21.3 Å². The van der Waals surface area contributed by atoms with Gasteiger partial charge in [-0.1, -0.05) is 12.1 Å². The molecule has 4 heteroatoms. The van der Waals surface area contributed by atoms with E-state index in [-0.39, 0.29) is 11.6 Å². The number of methoxy groups -OCH3 is 1. The molecule has 1 rings (SSSR count). The van der Waals surface area contributed by atoms with Crippen LogP contribution in [-0.4, -0.2) is 19.0 Å². The second kappa shape index (κ2) is 7.51. The van der Waals surface area contributed by atoms with Gasteiger partial charge in [0, 0.05) is 24.0 Å². The summed E-state index contributed by atoms with van der Waals surface area (Å²) in [6.07, 6.45) is 1.96. The molecule has 1 unspecified atom stereocenters. The van der Waals surface area contributed by atoms with Gasteiger partial charge in [-0.25, -0.2) is 4.39 Å². The molecule has 0 saturated heterocycles. The Bertz CT molecular complexity index is 346. The number of ether oxygens (including phenoxy) is 1. The molecule has 1 aromatic carbocycles. The zero-order valence-electron chi connectivity index (χ0n) is 10.3. The Morgan fingerprint density at radius 3 is 2.88 bits per heavy atom. The average Bonchev–Trinajstić information content (AvgIpc) is 2.35. The Kier molecular flexibility index (Phi) is 6.30. The minimum Gasteiger partial charge on any atom is -0.494 e. The van der Waals surface area contributed by atoms with Crippen molar-refractivity contribution in [2.75, 3.05) is 13.0 Å². The van der Waals surface area contributed by atoms with E-state index in [1.165, 1.54) is 7.11 Å². The molecule has 0 spiro atoms. The summed E-state index contributed by atoms with van der Waals surface area (Å²) in [5.74, 6) is 0.671.